The van der Waals surface area contributed by atoms with Gasteiger partial charge in [0.15, 0.2) is 0 Å². The van der Waals surface area contributed by atoms with E-state index < -0.39 is 11.9 Å². The van der Waals surface area contributed by atoms with E-state index in [-0.39, 0.29) is 0 Å². The standard InChI is InChI=1S/C15H24N2O3/c1-17(2)9-11-20-10-8-16-12-14(15(18)19)13-6-4-3-5-7-13/h3-7,14,16H,8-12H2,1-2H3,(H,18,19). The van der Waals surface area contributed by atoms with E-state index in [2.05, 4.69) is 10.2 Å². The van der Waals surface area contributed by atoms with Crippen LogP contribution in [0.3, 0.4) is 0 Å². The zero-order valence-electron chi connectivity index (χ0n) is 12.2. The van der Waals surface area contributed by atoms with Crippen molar-refractivity contribution < 1.29 is 14.6 Å². The number of ether oxygens (including phenoxy) is 1. The number of aliphatic carboxylic acids is 1. The number of carboxylic acid groups (broad SMARTS) is 1. The number of nitrogens with one attached hydrogen (secondary N) is 1. The Labute approximate surface area is 120 Å². The van der Waals surface area contributed by atoms with Crippen molar-refractivity contribution in [1.29, 1.82) is 0 Å². The molecule has 2 N–H and O–H groups in total. The van der Waals surface area contributed by atoms with Crippen LogP contribution in [0, 0.1) is 0 Å². The summed E-state index contributed by atoms with van der Waals surface area (Å²) in [5, 5.41) is 12.4. The summed E-state index contributed by atoms with van der Waals surface area (Å²) in [6, 6.07) is 9.28. The summed E-state index contributed by atoms with van der Waals surface area (Å²) in [7, 11) is 4.00. The molecule has 0 saturated heterocycles. The molecule has 0 aliphatic heterocycles. The lowest BCUT2D eigenvalue weighted by molar-refractivity contribution is -0.138. The van der Waals surface area contributed by atoms with Crippen LogP contribution in [0.1, 0.15) is 11.5 Å². The summed E-state index contributed by atoms with van der Waals surface area (Å²) < 4.78 is 5.44. The molecule has 112 valence electrons. The molecule has 1 rings (SSSR count). The molecule has 5 heteroatoms. The minimum Gasteiger partial charge on any atom is -0.481 e. The second-order valence-corrected chi connectivity index (χ2v) is 4.92. The van der Waals surface area contributed by atoms with E-state index in [4.69, 9.17) is 4.74 Å². The lowest BCUT2D eigenvalue weighted by Crippen LogP contribution is -2.30. The summed E-state index contributed by atoms with van der Waals surface area (Å²) in [6.07, 6.45) is 0. The molecule has 1 atom stereocenters. The Bertz CT molecular complexity index is 382. The highest BCUT2D eigenvalue weighted by Gasteiger charge is 2.18. The molecule has 20 heavy (non-hydrogen) atoms. The Balaban J connectivity index is 2.23. The number of hydrogen-bond acceptors (Lipinski definition) is 4. The normalized spacial score (nSPS) is 12.6. The van der Waals surface area contributed by atoms with E-state index in [1.165, 1.54) is 0 Å². The van der Waals surface area contributed by atoms with Gasteiger partial charge in [0.2, 0.25) is 0 Å². The molecule has 0 bridgehead atoms. The quantitative estimate of drug-likeness (QED) is 0.627. The van der Waals surface area contributed by atoms with Gasteiger partial charge in [0.1, 0.15) is 0 Å². The first-order valence-corrected chi connectivity index (χ1v) is 6.82. The molecule has 0 fully saturated rings. The Kier molecular flexibility index (Phi) is 7.87. The van der Waals surface area contributed by atoms with Crippen molar-refractivity contribution in [3.05, 3.63) is 35.9 Å². The first-order valence-electron chi connectivity index (χ1n) is 6.82. The van der Waals surface area contributed by atoms with Crippen LogP contribution in [-0.4, -0.2) is 62.9 Å². The van der Waals surface area contributed by atoms with Gasteiger partial charge in [0, 0.05) is 19.6 Å². The van der Waals surface area contributed by atoms with E-state index >= 15 is 0 Å². The summed E-state index contributed by atoms with van der Waals surface area (Å²) in [5.41, 5.74) is 0.820. The molecule has 5 nitrogen and oxygen atoms in total. The molecule has 1 unspecified atom stereocenters. The first-order chi connectivity index (χ1) is 9.61. The van der Waals surface area contributed by atoms with Crippen LogP contribution < -0.4 is 5.32 Å². The first kappa shape index (κ1) is 16.6. The maximum Gasteiger partial charge on any atom is 0.312 e. The fourth-order valence-electron chi connectivity index (χ4n) is 1.77. The lowest BCUT2D eigenvalue weighted by atomic mass is 9.99. The zero-order chi connectivity index (χ0) is 14.8. The molecule has 0 aliphatic carbocycles. The van der Waals surface area contributed by atoms with Crippen LogP contribution in [0.15, 0.2) is 30.3 Å². The minimum atomic E-state index is -0.808. The van der Waals surface area contributed by atoms with E-state index in [9.17, 15) is 9.90 Å². The van der Waals surface area contributed by atoms with Crippen LogP contribution in [0.2, 0.25) is 0 Å². The van der Waals surface area contributed by atoms with Crippen molar-refractivity contribution >= 4 is 5.97 Å². The number of likely N-dealkylation sites (N-methyl/N-ethyl adjacent to an activating group) is 1. The highest BCUT2D eigenvalue weighted by atomic mass is 16.5. The Hall–Kier alpha value is -1.43. The van der Waals surface area contributed by atoms with Crippen LogP contribution in [0.4, 0.5) is 0 Å². The number of benzene rings is 1. The maximum atomic E-state index is 11.3. The highest BCUT2D eigenvalue weighted by Crippen LogP contribution is 2.14. The molecule has 0 saturated carbocycles. The average molecular weight is 280 g/mol. The number of rotatable bonds is 10. The Morgan fingerprint density at radius 1 is 1.30 bits per heavy atom. The summed E-state index contributed by atoms with van der Waals surface area (Å²) in [6.45, 7) is 3.24. The van der Waals surface area contributed by atoms with Crippen molar-refractivity contribution in [2.45, 2.75) is 5.92 Å². The van der Waals surface area contributed by atoms with Crippen molar-refractivity contribution in [3.63, 3.8) is 0 Å². The number of hydrogen-bond donors (Lipinski definition) is 2. The third-order valence-electron chi connectivity index (χ3n) is 2.95. The largest absolute Gasteiger partial charge is 0.481 e. The van der Waals surface area contributed by atoms with E-state index in [0.29, 0.717) is 26.3 Å². The summed E-state index contributed by atoms with van der Waals surface area (Å²) in [5.74, 6) is -1.32. The molecule has 0 amide bonds. The van der Waals surface area contributed by atoms with E-state index in [1.807, 2.05) is 44.4 Å². The van der Waals surface area contributed by atoms with Gasteiger partial charge in [-0.25, -0.2) is 0 Å². The highest BCUT2D eigenvalue weighted by molar-refractivity contribution is 5.76. The fraction of sp³-hybridized carbons (Fsp3) is 0.533. The smallest absolute Gasteiger partial charge is 0.312 e. The monoisotopic (exact) mass is 280 g/mol. The molecule has 0 aromatic heterocycles. The van der Waals surface area contributed by atoms with Crippen LogP contribution in [0.25, 0.3) is 0 Å². The van der Waals surface area contributed by atoms with Crippen LogP contribution >= 0.6 is 0 Å². The van der Waals surface area contributed by atoms with Gasteiger partial charge in [-0.1, -0.05) is 30.3 Å². The topological polar surface area (TPSA) is 61.8 Å². The van der Waals surface area contributed by atoms with Gasteiger partial charge in [-0.05, 0) is 19.7 Å². The van der Waals surface area contributed by atoms with E-state index in [0.717, 1.165) is 12.1 Å². The van der Waals surface area contributed by atoms with Crippen LogP contribution in [0.5, 0.6) is 0 Å². The van der Waals surface area contributed by atoms with Gasteiger partial charge in [-0.2, -0.15) is 0 Å². The number of carboxylic acids is 1. The maximum absolute atomic E-state index is 11.3. The van der Waals surface area contributed by atoms with Crippen molar-refractivity contribution in [1.82, 2.24) is 10.2 Å². The number of carbonyl (C=O) groups is 1. The van der Waals surface area contributed by atoms with Crippen molar-refractivity contribution in [2.75, 3.05) is 46.9 Å². The third-order valence-corrected chi connectivity index (χ3v) is 2.95. The molecule has 1 aromatic rings. The Morgan fingerprint density at radius 3 is 2.60 bits per heavy atom. The second-order valence-electron chi connectivity index (χ2n) is 4.92. The van der Waals surface area contributed by atoms with Gasteiger partial charge < -0.3 is 20.1 Å². The van der Waals surface area contributed by atoms with Crippen molar-refractivity contribution in [2.24, 2.45) is 0 Å². The second kappa shape index (κ2) is 9.47. The third kappa shape index (κ3) is 6.65. The predicted molar refractivity (Wildman–Crippen MR) is 79.1 cm³/mol. The molecule has 0 spiro atoms. The minimum absolute atomic E-state index is 0.413. The van der Waals surface area contributed by atoms with Gasteiger partial charge >= 0.3 is 5.97 Å². The van der Waals surface area contributed by atoms with Crippen molar-refractivity contribution in [3.8, 4) is 0 Å². The molecular weight excluding hydrogens is 256 g/mol. The lowest BCUT2D eigenvalue weighted by Gasteiger charge is -2.14. The summed E-state index contributed by atoms with van der Waals surface area (Å²) >= 11 is 0. The van der Waals surface area contributed by atoms with Gasteiger partial charge in [-0.15, -0.1) is 0 Å². The Morgan fingerprint density at radius 2 is 2.00 bits per heavy atom. The SMILES string of the molecule is CN(C)CCOCCNCC(C(=O)O)c1ccccc1. The molecular formula is C15H24N2O3. The van der Waals surface area contributed by atoms with E-state index in [1.54, 1.807) is 0 Å². The number of nitrogens with zero attached hydrogens (tertiary/aromatic N) is 1. The van der Waals surface area contributed by atoms with Crippen LogP contribution in [-0.2, 0) is 9.53 Å². The summed E-state index contributed by atoms with van der Waals surface area (Å²) in [4.78, 5) is 13.3. The predicted octanol–water partition coefficient (Wildman–Crippen LogP) is 1.02. The van der Waals surface area contributed by atoms with Gasteiger partial charge in [0.25, 0.3) is 0 Å². The van der Waals surface area contributed by atoms with Gasteiger partial charge in [0.05, 0.1) is 19.1 Å². The zero-order valence-corrected chi connectivity index (χ0v) is 12.2. The molecule has 0 heterocycles. The van der Waals surface area contributed by atoms with Gasteiger partial charge in [-0.3, -0.25) is 4.79 Å². The average Bonchev–Trinajstić information content (AvgIpc) is 2.42. The molecule has 0 aliphatic rings. The molecule has 1 aromatic carbocycles. The fourth-order valence-corrected chi connectivity index (χ4v) is 1.77. The molecule has 0 radical (unpaired) electrons.